The molecule has 2 aliphatic rings. The van der Waals surface area contributed by atoms with Gasteiger partial charge in [-0.1, -0.05) is 61.8 Å². The van der Waals surface area contributed by atoms with Crippen molar-refractivity contribution >= 4 is 13.6 Å². The summed E-state index contributed by atoms with van der Waals surface area (Å²) in [6.07, 6.45) is 10.4. The van der Waals surface area contributed by atoms with Crippen molar-refractivity contribution < 1.29 is 0 Å². The third-order valence-corrected chi connectivity index (χ3v) is 5.66. The fraction of sp³-hybridized carbons (Fsp3) is 0.368. The maximum absolute atomic E-state index is 3.98. The van der Waals surface area contributed by atoms with Gasteiger partial charge in [0.05, 0.1) is 8.07 Å². The molecular weight excluding hydrogens is 256 g/mol. The molecule has 0 bridgehead atoms. The Morgan fingerprint density at radius 3 is 2.80 bits per heavy atom. The van der Waals surface area contributed by atoms with Gasteiger partial charge in [0.15, 0.2) is 0 Å². The number of benzene rings is 1. The minimum atomic E-state index is -1.21. The summed E-state index contributed by atoms with van der Waals surface area (Å²) in [5, 5.41) is 0. The predicted octanol–water partition coefficient (Wildman–Crippen LogP) is 5.28. The van der Waals surface area contributed by atoms with Gasteiger partial charge in [-0.3, -0.25) is 0 Å². The van der Waals surface area contributed by atoms with Crippen molar-refractivity contribution in [2.24, 2.45) is 0 Å². The lowest BCUT2D eigenvalue weighted by atomic mass is 9.72. The molecular formula is C19H24Si. The average Bonchev–Trinajstić information content (AvgIpc) is 2.74. The molecule has 3 rings (SSSR count). The van der Waals surface area contributed by atoms with Crippen LogP contribution in [0.1, 0.15) is 29.5 Å². The van der Waals surface area contributed by atoms with Crippen molar-refractivity contribution in [1.82, 2.24) is 0 Å². The van der Waals surface area contributed by atoms with Crippen LogP contribution in [0.3, 0.4) is 0 Å². The maximum atomic E-state index is 3.98. The van der Waals surface area contributed by atoms with E-state index in [-0.39, 0.29) is 5.41 Å². The van der Waals surface area contributed by atoms with E-state index in [1.807, 2.05) is 0 Å². The molecule has 0 heterocycles. The summed E-state index contributed by atoms with van der Waals surface area (Å²) in [5.41, 5.74) is 8.83. The van der Waals surface area contributed by atoms with Crippen LogP contribution in [0, 0.1) is 0 Å². The smallest absolute Gasteiger partial charge is 0.0695 e. The Morgan fingerprint density at radius 1 is 1.30 bits per heavy atom. The molecule has 0 saturated carbocycles. The van der Waals surface area contributed by atoms with E-state index in [0.29, 0.717) is 0 Å². The van der Waals surface area contributed by atoms with Gasteiger partial charge in [0.1, 0.15) is 0 Å². The minimum absolute atomic E-state index is 0.227. The topological polar surface area (TPSA) is 0 Å². The van der Waals surface area contributed by atoms with Crippen molar-refractivity contribution in [2.45, 2.75) is 44.3 Å². The Labute approximate surface area is 123 Å². The summed E-state index contributed by atoms with van der Waals surface area (Å²) in [6.45, 7) is 11.2. The highest BCUT2D eigenvalue weighted by atomic mass is 28.3. The summed E-state index contributed by atoms with van der Waals surface area (Å²) < 4.78 is 0. The molecule has 0 amide bonds. The number of allylic oxidation sites excluding steroid dienone is 4. The molecule has 0 spiro atoms. The second-order valence-electron chi connectivity index (χ2n) is 7.29. The van der Waals surface area contributed by atoms with Crippen molar-refractivity contribution in [3.63, 3.8) is 0 Å². The highest BCUT2D eigenvalue weighted by Crippen LogP contribution is 2.49. The summed E-state index contributed by atoms with van der Waals surface area (Å²) in [4.78, 5) is 0. The Hall–Kier alpha value is -1.34. The molecule has 0 aromatic heterocycles. The lowest BCUT2D eigenvalue weighted by Crippen LogP contribution is -2.24. The Morgan fingerprint density at radius 2 is 2.10 bits per heavy atom. The van der Waals surface area contributed by atoms with E-state index >= 15 is 0 Å². The second kappa shape index (κ2) is 4.59. The Bertz CT molecular complexity index is 613. The molecule has 2 aliphatic carbocycles. The van der Waals surface area contributed by atoms with Crippen LogP contribution in [0.15, 0.2) is 48.7 Å². The predicted molar refractivity (Wildman–Crippen MR) is 91.7 cm³/mol. The molecule has 1 heteroatoms. The third kappa shape index (κ3) is 2.14. The zero-order valence-corrected chi connectivity index (χ0v) is 13.9. The SMILES string of the molecule is C=CCC12C=C/C(=C/[Si](C)(C)C)c3cccc(c31)CC2. The molecule has 0 N–H and O–H groups in total. The molecule has 0 fully saturated rings. The minimum Gasteiger partial charge on any atom is -0.103 e. The standard InChI is InChI=1S/C19H24Si/c1-5-11-19-12-9-15-7-6-8-17(18(15)19)16(10-13-19)14-20(2,3)4/h5-8,10,13-14H,1,9,11-12H2,2-4H3/b16-14-. The van der Waals surface area contributed by atoms with E-state index in [4.69, 9.17) is 0 Å². The Balaban J connectivity index is 2.20. The van der Waals surface area contributed by atoms with Crippen LogP contribution in [0.4, 0.5) is 0 Å². The molecule has 0 nitrogen and oxygen atoms in total. The van der Waals surface area contributed by atoms with Crippen LogP contribution < -0.4 is 0 Å². The monoisotopic (exact) mass is 280 g/mol. The zero-order valence-electron chi connectivity index (χ0n) is 12.9. The van der Waals surface area contributed by atoms with Crippen LogP contribution in [0.2, 0.25) is 19.6 Å². The fourth-order valence-corrected chi connectivity index (χ4v) is 4.93. The second-order valence-corrected chi connectivity index (χ2v) is 12.3. The van der Waals surface area contributed by atoms with Crippen molar-refractivity contribution in [3.8, 4) is 0 Å². The van der Waals surface area contributed by atoms with E-state index < -0.39 is 8.07 Å². The molecule has 1 aromatic rings. The average molecular weight is 280 g/mol. The first-order valence-corrected chi connectivity index (χ1v) is 11.2. The molecule has 0 saturated heterocycles. The van der Waals surface area contributed by atoms with E-state index in [0.717, 1.165) is 6.42 Å². The number of rotatable bonds is 3. The van der Waals surface area contributed by atoms with Gasteiger partial charge in [-0.2, -0.15) is 0 Å². The van der Waals surface area contributed by atoms with Gasteiger partial charge in [0, 0.05) is 5.41 Å². The normalized spacial score (nSPS) is 25.9. The number of aryl methyl sites for hydroxylation is 1. The first-order valence-electron chi connectivity index (χ1n) is 7.61. The van der Waals surface area contributed by atoms with E-state index in [9.17, 15) is 0 Å². The van der Waals surface area contributed by atoms with Crippen LogP contribution in [-0.2, 0) is 11.8 Å². The molecule has 0 radical (unpaired) electrons. The number of hydrogen-bond acceptors (Lipinski definition) is 0. The van der Waals surface area contributed by atoms with Gasteiger partial charge in [0.2, 0.25) is 0 Å². The maximum Gasteiger partial charge on any atom is 0.0695 e. The largest absolute Gasteiger partial charge is 0.103 e. The van der Waals surface area contributed by atoms with E-state index in [1.165, 1.54) is 24.0 Å². The van der Waals surface area contributed by atoms with Crippen LogP contribution in [0.25, 0.3) is 5.57 Å². The highest BCUT2D eigenvalue weighted by Gasteiger charge is 2.39. The molecule has 0 aliphatic heterocycles. The molecule has 1 atom stereocenters. The summed E-state index contributed by atoms with van der Waals surface area (Å²) in [6, 6.07) is 6.86. The third-order valence-electron chi connectivity index (χ3n) is 4.48. The van der Waals surface area contributed by atoms with Crippen molar-refractivity contribution in [3.05, 3.63) is 65.4 Å². The van der Waals surface area contributed by atoms with Crippen LogP contribution in [0.5, 0.6) is 0 Å². The van der Waals surface area contributed by atoms with Crippen molar-refractivity contribution in [2.75, 3.05) is 0 Å². The quantitative estimate of drug-likeness (QED) is 0.522. The first-order chi connectivity index (χ1) is 9.45. The van der Waals surface area contributed by atoms with Crippen LogP contribution in [-0.4, -0.2) is 8.07 Å². The van der Waals surface area contributed by atoms with Gasteiger partial charge in [0.25, 0.3) is 0 Å². The first kappa shape index (κ1) is 13.6. The van der Waals surface area contributed by atoms with Crippen LogP contribution >= 0.6 is 0 Å². The number of hydrogen-bond donors (Lipinski definition) is 0. The van der Waals surface area contributed by atoms with Gasteiger partial charge < -0.3 is 0 Å². The van der Waals surface area contributed by atoms with Gasteiger partial charge in [-0.25, -0.2) is 0 Å². The summed E-state index contributed by atoms with van der Waals surface area (Å²) in [7, 11) is -1.21. The summed E-state index contributed by atoms with van der Waals surface area (Å²) >= 11 is 0. The van der Waals surface area contributed by atoms with Gasteiger partial charge in [-0.15, -0.1) is 6.58 Å². The van der Waals surface area contributed by atoms with Crippen molar-refractivity contribution in [1.29, 1.82) is 0 Å². The van der Waals surface area contributed by atoms with Gasteiger partial charge >= 0.3 is 0 Å². The zero-order chi connectivity index (χ0) is 14.4. The van der Waals surface area contributed by atoms with E-state index in [1.54, 1.807) is 11.1 Å². The molecule has 20 heavy (non-hydrogen) atoms. The molecule has 104 valence electrons. The lowest BCUT2D eigenvalue weighted by molar-refractivity contribution is 0.535. The summed E-state index contributed by atoms with van der Waals surface area (Å²) in [5.74, 6) is 0. The van der Waals surface area contributed by atoms with Gasteiger partial charge in [-0.05, 0) is 41.5 Å². The highest BCUT2D eigenvalue weighted by molar-refractivity contribution is 6.81. The molecule has 1 aromatic carbocycles. The lowest BCUT2D eigenvalue weighted by Gasteiger charge is -2.32. The fourth-order valence-electron chi connectivity index (χ4n) is 3.75. The molecule has 1 unspecified atom stereocenters. The van der Waals surface area contributed by atoms with E-state index in [2.05, 4.69) is 68.3 Å². The Kier molecular flexibility index (Phi) is 3.13.